The summed E-state index contributed by atoms with van der Waals surface area (Å²) < 4.78 is 0. The second kappa shape index (κ2) is 5.37. The van der Waals surface area contributed by atoms with Crippen molar-refractivity contribution in [1.29, 1.82) is 0 Å². The van der Waals surface area contributed by atoms with Crippen LogP contribution in [0, 0.1) is 17.3 Å². The average Bonchev–Trinajstić information content (AvgIpc) is 3.21. The van der Waals surface area contributed by atoms with Gasteiger partial charge in [0.2, 0.25) is 0 Å². The molecule has 3 saturated carbocycles. The van der Waals surface area contributed by atoms with Crippen LogP contribution < -0.4 is 5.32 Å². The zero-order valence-corrected chi connectivity index (χ0v) is 13.1. The Morgan fingerprint density at radius 2 is 1.79 bits per heavy atom. The largest absolute Gasteiger partial charge is 0.316 e. The van der Waals surface area contributed by atoms with Gasteiger partial charge in [-0.1, -0.05) is 20.3 Å². The predicted molar refractivity (Wildman–Crippen MR) is 81.3 cm³/mol. The Morgan fingerprint density at radius 3 is 2.37 bits per heavy atom. The molecular formula is C17H32N2. The van der Waals surface area contributed by atoms with Crippen molar-refractivity contribution in [3.8, 4) is 0 Å². The van der Waals surface area contributed by atoms with E-state index in [9.17, 15) is 0 Å². The lowest BCUT2D eigenvalue weighted by Gasteiger charge is -2.45. The molecule has 2 unspecified atom stereocenters. The molecule has 3 rings (SSSR count). The van der Waals surface area contributed by atoms with Gasteiger partial charge in [0.15, 0.2) is 0 Å². The summed E-state index contributed by atoms with van der Waals surface area (Å²) in [6.45, 7) is 7.68. The van der Waals surface area contributed by atoms with Gasteiger partial charge in [-0.15, -0.1) is 0 Å². The first-order valence-corrected chi connectivity index (χ1v) is 8.51. The molecule has 0 aromatic heterocycles. The van der Waals surface area contributed by atoms with Crippen molar-refractivity contribution in [3.05, 3.63) is 0 Å². The average molecular weight is 264 g/mol. The van der Waals surface area contributed by atoms with Crippen molar-refractivity contribution in [1.82, 2.24) is 10.2 Å². The first-order valence-electron chi connectivity index (χ1n) is 8.51. The molecule has 0 spiro atoms. The normalized spacial score (nSPS) is 34.7. The van der Waals surface area contributed by atoms with Crippen LogP contribution in [0.5, 0.6) is 0 Å². The second-order valence-electron chi connectivity index (χ2n) is 8.04. The molecule has 0 aliphatic heterocycles. The van der Waals surface area contributed by atoms with E-state index in [-0.39, 0.29) is 0 Å². The third-order valence-electron chi connectivity index (χ3n) is 5.74. The van der Waals surface area contributed by atoms with E-state index in [2.05, 4.69) is 31.1 Å². The van der Waals surface area contributed by atoms with Crippen molar-refractivity contribution in [3.63, 3.8) is 0 Å². The van der Waals surface area contributed by atoms with Crippen LogP contribution in [-0.4, -0.2) is 37.1 Å². The van der Waals surface area contributed by atoms with Gasteiger partial charge >= 0.3 is 0 Å². The van der Waals surface area contributed by atoms with Gasteiger partial charge in [-0.05, 0) is 62.8 Å². The molecule has 2 nitrogen and oxygen atoms in total. The highest BCUT2D eigenvalue weighted by atomic mass is 15.2. The summed E-state index contributed by atoms with van der Waals surface area (Å²) in [4.78, 5) is 2.86. The van der Waals surface area contributed by atoms with Crippen LogP contribution in [-0.2, 0) is 0 Å². The minimum absolute atomic E-state index is 0.479. The van der Waals surface area contributed by atoms with Crippen LogP contribution in [0.15, 0.2) is 0 Å². The van der Waals surface area contributed by atoms with E-state index in [4.69, 9.17) is 0 Å². The van der Waals surface area contributed by atoms with Crippen LogP contribution in [0.4, 0.5) is 0 Å². The number of hydrogen-bond acceptors (Lipinski definition) is 2. The van der Waals surface area contributed by atoms with Gasteiger partial charge in [0.25, 0.3) is 0 Å². The van der Waals surface area contributed by atoms with Gasteiger partial charge in [-0.25, -0.2) is 0 Å². The van der Waals surface area contributed by atoms with Gasteiger partial charge in [0.1, 0.15) is 0 Å². The first-order chi connectivity index (χ1) is 9.10. The van der Waals surface area contributed by atoms with Crippen molar-refractivity contribution >= 4 is 0 Å². The summed E-state index contributed by atoms with van der Waals surface area (Å²) in [5.41, 5.74) is 0.479. The molecule has 0 aromatic carbocycles. The molecule has 0 saturated heterocycles. The maximum Gasteiger partial charge on any atom is 0.0156 e. The Labute approximate surface area is 119 Å². The summed E-state index contributed by atoms with van der Waals surface area (Å²) in [6.07, 6.45) is 10.2. The fourth-order valence-corrected chi connectivity index (χ4v) is 4.35. The van der Waals surface area contributed by atoms with E-state index in [1.165, 1.54) is 58.0 Å². The molecule has 3 fully saturated rings. The molecule has 0 heterocycles. The molecule has 3 aliphatic rings. The van der Waals surface area contributed by atoms with Crippen LogP contribution in [0.3, 0.4) is 0 Å². The van der Waals surface area contributed by atoms with Crippen molar-refractivity contribution in [2.75, 3.05) is 20.1 Å². The molecule has 0 radical (unpaired) electrons. The molecule has 1 N–H and O–H groups in total. The lowest BCUT2D eigenvalue weighted by molar-refractivity contribution is 0.0793. The maximum absolute atomic E-state index is 3.65. The first kappa shape index (κ1) is 13.9. The van der Waals surface area contributed by atoms with Crippen LogP contribution >= 0.6 is 0 Å². The van der Waals surface area contributed by atoms with E-state index in [1.807, 2.05) is 0 Å². The van der Waals surface area contributed by atoms with Crippen LogP contribution in [0.25, 0.3) is 0 Å². The highest BCUT2D eigenvalue weighted by molar-refractivity contribution is 4.96. The molecule has 0 bridgehead atoms. The molecule has 0 aromatic rings. The van der Waals surface area contributed by atoms with Gasteiger partial charge in [0, 0.05) is 25.2 Å². The van der Waals surface area contributed by atoms with Crippen LogP contribution in [0.2, 0.25) is 0 Å². The standard InChI is InChI=1S/C17H32N2/c1-17(2)10-4-5-14(16(17)18-3)12-19(15-8-9-15)11-13-6-7-13/h13-16,18H,4-12H2,1-3H3. The monoisotopic (exact) mass is 264 g/mol. The SMILES string of the molecule is CNC1C(CN(CC2CC2)C2CC2)CCCC1(C)C. The summed E-state index contributed by atoms with van der Waals surface area (Å²) >= 11 is 0. The van der Waals surface area contributed by atoms with Gasteiger partial charge in [-0.3, -0.25) is 4.90 Å². The quantitative estimate of drug-likeness (QED) is 0.792. The molecule has 2 heteroatoms. The van der Waals surface area contributed by atoms with Gasteiger partial charge in [-0.2, -0.15) is 0 Å². The Hall–Kier alpha value is -0.0800. The van der Waals surface area contributed by atoms with Crippen LogP contribution in [0.1, 0.15) is 58.8 Å². The fourth-order valence-electron chi connectivity index (χ4n) is 4.35. The van der Waals surface area contributed by atoms with Crippen molar-refractivity contribution < 1.29 is 0 Å². The number of rotatable bonds is 6. The number of hydrogen-bond donors (Lipinski definition) is 1. The number of nitrogens with one attached hydrogen (secondary N) is 1. The lowest BCUT2D eigenvalue weighted by atomic mass is 9.68. The molecule has 3 aliphatic carbocycles. The van der Waals surface area contributed by atoms with E-state index < -0.39 is 0 Å². The smallest absolute Gasteiger partial charge is 0.0156 e. The summed E-state index contributed by atoms with van der Waals surface area (Å²) in [5.74, 6) is 1.92. The fraction of sp³-hybridized carbons (Fsp3) is 1.00. The van der Waals surface area contributed by atoms with Crippen molar-refractivity contribution in [2.24, 2.45) is 17.3 Å². The van der Waals surface area contributed by atoms with E-state index in [0.29, 0.717) is 11.5 Å². The van der Waals surface area contributed by atoms with E-state index in [0.717, 1.165) is 17.9 Å². The zero-order valence-electron chi connectivity index (χ0n) is 13.1. The molecule has 110 valence electrons. The molecular weight excluding hydrogens is 232 g/mol. The predicted octanol–water partition coefficient (Wildman–Crippen LogP) is 3.28. The van der Waals surface area contributed by atoms with Gasteiger partial charge < -0.3 is 5.32 Å². The zero-order chi connectivity index (χ0) is 13.5. The molecule has 2 atom stereocenters. The second-order valence-corrected chi connectivity index (χ2v) is 8.04. The third-order valence-corrected chi connectivity index (χ3v) is 5.74. The highest BCUT2D eigenvalue weighted by Crippen LogP contribution is 2.41. The minimum Gasteiger partial charge on any atom is -0.316 e. The van der Waals surface area contributed by atoms with Crippen molar-refractivity contribution in [2.45, 2.75) is 70.9 Å². The van der Waals surface area contributed by atoms with E-state index >= 15 is 0 Å². The lowest BCUT2D eigenvalue weighted by Crippen LogP contribution is -2.52. The third kappa shape index (κ3) is 3.33. The van der Waals surface area contributed by atoms with E-state index in [1.54, 1.807) is 0 Å². The maximum atomic E-state index is 3.65. The van der Waals surface area contributed by atoms with Gasteiger partial charge in [0.05, 0.1) is 0 Å². The Balaban J connectivity index is 1.61. The Bertz CT molecular complexity index is 304. The summed E-state index contributed by atoms with van der Waals surface area (Å²) in [7, 11) is 2.17. The minimum atomic E-state index is 0.479. The highest BCUT2D eigenvalue weighted by Gasteiger charge is 2.41. The summed E-state index contributed by atoms with van der Waals surface area (Å²) in [5, 5.41) is 3.65. The Kier molecular flexibility index (Phi) is 3.92. The summed E-state index contributed by atoms with van der Waals surface area (Å²) in [6, 6.07) is 1.66. The topological polar surface area (TPSA) is 15.3 Å². The Morgan fingerprint density at radius 1 is 1.05 bits per heavy atom. The number of nitrogens with zero attached hydrogens (tertiary/aromatic N) is 1. The molecule has 0 amide bonds. The molecule has 19 heavy (non-hydrogen) atoms.